The number of hydrogen-bond acceptors (Lipinski definition) is 14. The monoisotopic (exact) mass is 935 g/mol. The maximum Gasteiger partial charge on any atom is 0.262 e. The fourth-order valence-electron chi connectivity index (χ4n) is 9.48. The summed E-state index contributed by atoms with van der Waals surface area (Å²) in [7, 11) is 2.41. The second kappa shape index (κ2) is 18.6. The molecule has 0 bridgehead atoms. The molecule has 4 aliphatic rings. The highest BCUT2D eigenvalue weighted by Gasteiger charge is 2.44. The Morgan fingerprint density at radius 1 is 0.833 bits per heavy atom. The van der Waals surface area contributed by atoms with Gasteiger partial charge in [-0.15, -0.1) is 0 Å². The molecule has 4 aliphatic heterocycles. The van der Waals surface area contributed by atoms with Crippen LogP contribution in [0.4, 0.5) is 34.5 Å². The number of imide groups is 1. The number of piperidine rings is 2. The van der Waals surface area contributed by atoms with E-state index in [-0.39, 0.29) is 23.7 Å². The number of nitrogens with one attached hydrogen (secondary N) is 3. The number of anilines is 6. The van der Waals surface area contributed by atoms with Crippen LogP contribution in [-0.4, -0.2) is 133 Å². The average molecular weight is 936 g/mol. The lowest BCUT2D eigenvalue weighted by atomic mass is 9.94. The van der Waals surface area contributed by atoms with E-state index in [1.807, 2.05) is 37.6 Å². The summed E-state index contributed by atoms with van der Waals surface area (Å²) in [4.78, 5) is 56.8. The van der Waals surface area contributed by atoms with E-state index in [4.69, 9.17) is 26.1 Å². The van der Waals surface area contributed by atoms with Gasteiger partial charge < -0.3 is 39.8 Å². The molecule has 6 heterocycles. The van der Waals surface area contributed by atoms with Crippen LogP contribution in [0.15, 0.2) is 67.1 Å². The first-order valence-corrected chi connectivity index (χ1v) is 25.3. The number of benzene rings is 3. The minimum absolute atomic E-state index is 0.264. The van der Waals surface area contributed by atoms with Crippen molar-refractivity contribution in [1.82, 2.24) is 34.9 Å². The predicted octanol–water partition coefficient (Wildman–Crippen LogP) is 6.20. The number of piperazine rings is 1. The van der Waals surface area contributed by atoms with Crippen LogP contribution in [0.3, 0.4) is 0 Å². The first-order chi connectivity index (χ1) is 31.8. The standard InChI is InChI=1S/C47H55ClN11O6P/c1-55-28-30(25-51-55)34-23-38(53-47-50-26-36(48)43(54-47)52-37-11-9-32(64-2)22-42(37)66(4,5)63)41(65-3)24-40(34)58-15-12-29(13-16-58)27-56-17-19-57(20-18-56)31-8-10-33-35(21-31)46(62)59(45(33)61)39-7-6-14-49-44(39)60/h8-11,21-26,28-29,39H,6-7,12-20,27H2,1-5H3,(H,49,60)(H2,50,52,53,54). The van der Waals surface area contributed by atoms with Crippen molar-refractivity contribution in [2.24, 2.45) is 13.0 Å². The second-order valence-corrected chi connectivity index (χ2v) is 21.3. The number of amides is 3. The number of aromatic nitrogens is 4. The topological polar surface area (TPSA) is 179 Å². The molecule has 1 unspecified atom stereocenters. The van der Waals surface area contributed by atoms with Crippen LogP contribution in [0.25, 0.3) is 11.1 Å². The van der Waals surface area contributed by atoms with Crippen molar-refractivity contribution >= 4 is 76.3 Å². The largest absolute Gasteiger partial charge is 0.497 e. The van der Waals surface area contributed by atoms with E-state index in [0.717, 1.165) is 92.5 Å². The highest BCUT2D eigenvalue weighted by Crippen LogP contribution is 2.43. The number of methoxy groups -OCH3 is 2. The lowest BCUT2D eigenvalue weighted by Gasteiger charge is -2.40. The molecular formula is C47H55ClN11O6P. The van der Waals surface area contributed by atoms with E-state index in [0.29, 0.717) is 69.0 Å². The minimum atomic E-state index is -2.71. The summed E-state index contributed by atoms with van der Waals surface area (Å²) in [5.41, 5.74) is 5.94. The molecule has 0 radical (unpaired) electrons. The Bertz CT molecular complexity index is 2730. The third-order valence-electron chi connectivity index (χ3n) is 13.0. The molecule has 346 valence electrons. The van der Waals surface area contributed by atoms with Gasteiger partial charge in [0, 0.05) is 99.5 Å². The Kier molecular flexibility index (Phi) is 12.7. The van der Waals surface area contributed by atoms with Crippen molar-refractivity contribution in [3.8, 4) is 22.6 Å². The first-order valence-electron chi connectivity index (χ1n) is 22.3. The van der Waals surface area contributed by atoms with Crippen molar-refractivity contribution in [3.05, 3.63) is 83.3 Å². The van der Waals surface area contributed by atoms with Gasteiger partial charge in [0.1, 0.15) is 29.7 Å². The molecule has 66 heavy (non-hydrogen) atoms. The number of carbonyl (C=O) groups is 3. The van der Waals surface area contributed by atoms with Gasteiger partial charge in [0.05, 0.1) is 49.1 Å². The maximum absolute atomic E-state index is 13.5. The second-order valence-electron chi connectivity index (χ2n) is 17.7. The highest BCUT2D eigenvalue weighted by atomic mass is 35.5. The van der Waals surface area contributed by atoms with Gasteiger partial charge in [-0.25, -0.2) is 4.98 Å². The summed E-state index contributed by atoms with van der Waals surface area (Å²) in [5.74, 6) is 1.35. The molecule has 3 aromatic carbocycles. The van der Waals surface area contributed by atoms with Gasteiger partial charge >= 0.3 is 0 Å². The summed E-state index contributed by atoms with van der Waals surface area (Å²) in [6.45, 7) is 10.1. The van der Waals surface area contributed by atoms with Crippen molar-refractivity contribution in [3.63, 3.8) is 0 Å². The number of ether oxygens (including phenoxy) is 2. The number of carbonyl (C=O) groups excluding carboxylic acids is 3. The lowest BCUT2D eigenvalue weighted by molar-refractivity contribution is -0.126. The van der Waals surface area contributed by atoms with E-state index >= 15 is 0 Å². The normalized spacial score (nSPS) is 18.4. The van der Waals surface area contributed by atoms with Gasteiger partial charge in [-0.3, -0.25) is 28.9 Å². The molecule has 3 fully saturated rings. The molecule has 0 saturated carbocycles. The van der Waals surface area contributed by atoms with Crippen LogP contribution in [-0.2, 0) is 16.4 Å². The van der Waals surface area contributed by atoms with E-state index in [2.05, 4.69) is 46.8 Å². The van der Waals surface area contributed by atoms with Crippen molar-refractivity contribution < 1.29 is 28.4 Å². The summed E-state index contributed by atoms with van der Waals surface area (Å²) in [6.07, 6.45) is 8.66. The number of fused-ring (bicyclic) bond motifs is 1. The predicted molar refractivity (Wildman–Crippen MR) is 257 cm³/mol. The van der Waals surface area contributed by atoms with E-state index in [1.54, 1.807) is 56.5 Å². The fraction of sp³-hybridized carbons (Fsp3) is 0.404. The summed E-state index contributed by atoms with van der Waals surface area (Å²) in [6, 6.07) is 14.2. The van der Waals surface area contributed by atoms with E-state index in [9.17, 15) is 18.9 Å². The summed E-state index contributed by atoms with van der Waals surface area (Å²) < 4.78 is 26.4. The van der Waals surface area contributed by atoms with Gasteiger partial charge in [-0.05, 0) is 87.4 Å². The number of aryl methyl sites for hydroxylation is 1. The molecule has 0 aliphatic carbocycles. The molecule has 0 spiro atoms. The number of halogens is 1. The van der Waals surface area contributed by atoms with Crippen molar-refractivity contribution in [2.75, 3.05) is 100 Å². The fourth-order valence-corrected chi connectivity index (χ4v) is 10.8. The van der Waals surface area contributed by atoms with Gasteiger partial charge in [0.25, 0.3) is 11.8 Å². The Morgan fingerprint density at radius 3 is 2.30 bits per heavy atom. The molecule has 3 N–H and O–H groups in total. The Labute approximate surface area is 389 Å². The molecule has 17 nitrogen and oxygen atoms in total. The zero-order valence-electron chi connectivity index (χ0n) is 37.8. The smallest absolute Gasteiger partial charge is 0.262 e. The maximum atomic E-state index is 13.5. The highest BCUT2D eigenvalue weighted by molar-refractivity contribution is 7.70. The van der Waals surface area contributed by atoms with Crippen LogP contribution in [0.5, 0.6) is 11.5 Å². The molecule has 5 aromatic rings. The van der Waals surface area contributed by atoms with Gasteiger partial charge in [0.15, 0.2) is 5.82 Å². The lowest BCUT2D eigenvalue weighted by Crippen LogP contribution is -2.52. The quantitative estimate of drug-likeness (QED) is 0.0898. The Hall–Kier alpha value is -6.16. The average Bonchev–Trinajstić information content (AvgIpc) is 3.86. The Balaban J connectivity index is 0.852. The van der Waals surface area contributed by atoms with Crippen LogP contribution in [0.1, 0.15) is 46.4 Å². The van der Waals surface area contributed by atoms with Gasteiger partial charge in [-0.1, -0.05) is 11.6 Å². The summed E-state index contributed by atoms with van der Waals surface area (Å²) >= 11 is 6.61. The summed E-state index contributed by atoms with van der Waals surface area (Å²) in [5, 5.41) is 14.8. The molecule has 3 saturated heterocycles. The molecule has 3 amide bonds. The molecule has 1 atom stereocenters. The molecule has 19 heteroatoms. The van der Waals surface area contributed by atoms with Crippen LogP contribution in [0, 0.1) is 5.92 Å². The van der Waals surface area contributed by atoms with E-state index in [1.165, 1.54) is 6.20 Å². The zero-order valence-corrected chi connectivity index (χ0v) is 39.5. The minimum Gasteiger partial charge on any atom is -0.497 e. The zero-order chi connectivity index (χ0) is 46.3. The molecular weight excluding hydrogens is 881 g/mol. The van der Waals surface area contributed by atoms with E-state index < -0.39 is 13.2 Å². The molecule has 2 aromatic heterocycles. The number of rotatable bonds is 13. The third-order valence-corrected chi connectivity index (χ3v) is 14.8. The van der Waals surface area contributed by atoms with Crippen molar-refractivity contribution in [1.29, 1.82) is 0 Å². The van der Waals surface area contributed by atoms with Crippen LogP contribution >= 0.6 is 18.7 Å². The number of hydrogen-bond donors (Lipinski definition) is 3. The number of nitrogens with zero attached hydrogens (tertiary/aromatic N) is 8. The van der Waals surface area contributed by atoms with Gasteiger partial charge in [0.2, 0.25) is 11.9 Å². The first kappa shape index (κ1) is 45.0. The van der Waals surface area contributed by atoms with Crippen LogP contribution < -0.4 is 40.5 Å². The van der Waals surface area contributed by atoms with Gasteiger partial charge in [-0.2, -0.15) is 10.1 Å². The Morgan fingerprint density at radius 2 is 1.61 bits per heavy atom. The SMILES string of the molecule is COc1ccc(Nc2nc(Nc3cc(-c4cnn(C)c4)c(N4CCC(CN5CCN(c6ccc7c(c6)C(=O)N(C6CCCNC6=O)C7=O)CC5)CC4)cc3OC)ncc2Cl)c(P(C)(C)=O)c1. The van der Waals surface area contributed by atoms with Crippen molar-refractivity contribution in [2.45, 2.75) is 31.7 Å². The van der Waals surface area contributed by atoms with Crippen LogP contribution in [0.2, 0.25) is 5.02 Å². The molecule has 9 rings (SSSR count). The third kappa shape index (κ3) is 9.16.